The van der Waals surface area contributed by atoms with Crippen molar-refractivity contribution in [2.24, 2.45) is 0 Å². The summed E-state index contributed by atoms with van der Waals surface area (Å²) in [6.45, 7) is 5.48. The molecule has 8 heteroatoms. The van der Waals surface area contributed by atoms with Gasteiger partial charge in [0.15, 0.2) is 5.16 Å². The number of amides is 3. The van der Waals surface area contributed by atoms with Crippen LogP contribution in [0.1, 0.15) is 20.8 Å². The van der Waals surface area contributed by atoms with Gasteiger partial charge in [-0.25, -0.2) is 14.2 Å². The number of thioether (sulfide) groups is 1. The molecule has 24 heavy (non-hydrogen) atoms. The van der Waals surface area contributed by atoms with Crippen molar-refractivity contribution in [1.82, 2.24) is 20.6 Å². The Kier molecular flexibility index (Phi) is 5.61. The maximum Gasteiger partial charge on any atom is 0.321 e. The summed E-state index contributed by atoms with van der Waals surface area (Å²) in [5.74, 6) is -0.673. The number of carbonyl (C=O) groups is 2. The molecule has 0 aliphatic rings. The Bertz CT molecular complexity index is 722. The van der Waals surface area contributed by atoms with E-state index in [1.54, 1.807) is 18.3 Å². The summed E-state index contributed by atoms with van der Waals surface area (Å²) in [7, 11) is 0. The number of carbonyl (C=O) groups excluding carboxylic acids is 2. The number of aromatic nitrogens is 2. The van der Waals surface area contributed by atoms with E-state index in [0.29, 0.717) is 5.16 Å². The van der Waals surface area contributed by atoms with Crippen LogP contribution in [0, 0.1) is 5.82 Å². The summed E-state index contributed by atoms with van der Waals surface area (Å²) in [6.07, 6.45) is 1.61. The first kappa shape index (κ1) is 18.0. The van der Waals surface area contributed by atoms with Crippen LogP contribution in [0.2, 0.25) is 0 Å². The van der Waals surface area contributed by atoms with Crippen molar-refractivity contribution in [3.8, 4) is 11.3 Å². The van der Waals surface area contributed by atoms with Gasteiger partial charge in [-0.15, -0.1) is 0 Å². The second kappa shape index (κ2) is 7.48. The molecule has 0 unspecified atom stereocenters. The van der Waals surface area contributed by atoms with E-state index in [0.717, 1.165) is 11.3 Å². The van der Waals surface area contributed by atoms with Gasteiger partial charge in [0.1, 0.15) is 5.82 Å². The fourth-order valence-corrected chi connectivity index (χ4v) is 2.47. The third-order valence-electron chi connectivity index (χ3n) is 2.79. The van der Waals surface area contributed by atoms with Gasteiger partial charge >= 0.3 is 6.03 Å². The lowest BCUT2D eigenvalue weighted by Gasteiger charge is -2.20. The number of halogens is 1. The van der Waals surface area contributed by atoms with Crippen LogP contribution in [-0.2, 0) is 4.79 Å². The lowest BCUT2D eigenvalue weighted by molar-refractivity contribution is -0.117. The van der Waals surface area contributed by atoms with Crippen LogP contribution in [0.25, 0.3) is 11.3 Å². The molecule has 1 aromatic carbocycles. The maximum absolute atomic E-state index is 12.9. The molecular weight excluding hydrogens is 331 g/mol. The van der Waals surface area contributed by atoms with Gasteiger partial charge in [-0.3, -0.25) is 10.1 Å². The van der Waals surface area contributed by atoms with Gasteiger partial charge in [0.2, 0.25) is 5.91 Å². The van der Waals surface area contributed by atoms with E-state index in [-0.39, 0.29) is 11.6 Å². The highest BCUT2D eigenvalue weighted by molar-refractivity contribution is 7.99. The van der Waals surface area contributed by atoms with Crippen LogP contribution in [0.5, 0.6) is 0 Å². The number of imidazole rings is 1. The van der Waals surface area contributed by atoms with Gasteiger partial charge in [-0.2, -0.15) is 0 Å². The molecule has 0 spiro atoms. The molecule has 0 aliphatic carbocycles. The van der Waals surface area contributed by atoms with Crippen molar-refractivity contribution in [3.05, 3.63) is 36.3 Å². The first-order valence-electron chi connectivity index (χ1n) is 7.29. The highest BCUT2D eigenvalue weighted by atomic mass is 32.2. The van der Waals surface area contributed by atoms with Gasteiger partial charge in [-0.1, -0.05) is 11.8 Å². The molecule has 0 atom stereocenters. The molecule has 3 amide bonds. The van der Waals surface area contributed by atoms with Gasteiger partial charge in [0.25, 0.3) is 0 Å². The Hall–Kier alpha value is -2.35. The van der Waals surface area contributed by atoms with E-state index < -0.39 is 17.5 Å². The zero-order chi connectivity index (χ0) is 17.7. The molecule has 0 bridgehead atoms. The van der Waals surface area contributed by atoms with E-state index in [4.69, 9.17) is 0 Å². The third-order valence-corrected chi connectivity index (χ3v) is 3.68. The largest absolute Gasteiger partial charge is 0.333 e. The number of imide groups is 1. The minimum absolute atomic E-state index is 0.0495. The molecule has 0 fully saturated rings. The molecule has 1 heterocycles. The van der Waals surface area contributed by atoms with Gasteiger partial charge in [0, 0.05) is 5.54 Å². The highest BCUT2D eigenvalue weighted by Crippen LogP contribution is 2.21. The van der Waals surface area contributed by atoms with E-state index >= 15 is 0 Å². The fraction of sp³-hybridized carbons (Fsp3) is 0.312. The lowest BCUT2D eigenvalue weighted by atomic mass is 10.1. The topological polar surface area (TPSA) is 86.9 Å². The Balaban J connectivity index is 1.85. The lowest BCUT2D eigenvalue weighted by Crippen LogP contribution is -2.48. The van der Waals surface area contributed by atoms with E-state index in [9.17, 15) is 14.0 Å². The van der Waals surface area contributed by atoms with Crippen molar-refractivity contribution in [1.29, 1.82) is 0 Å². The smallest absolute Gasteiger partial charge is 0.321 e. The summed E-state index contributed by atoms with van der Waals surface area (Å²) in [6, 6.07) is 5.48. The molecule has 2 aromatic rings. The first-order chi connectivity index (χ1) is 11.2. The number of hydrogen-bond donors (Lipinski definition) is 3. The predicted octanol–water partition coefficient (Wildman–Crippen LogP) is 2.93. The molecule has 0 radical (unpaired) electrons. The zero-order valence-corrected chi connectivity index (χ0v) is 14.5. The molecule has 0 saturated heterocycles. The SMILES string of the molecule is CC(C)(C)NC(=O)NC(=O)CSc1ncc(-c2ccc(F)cc2)[nH]1. The van der Waals surface area contributed by atoms with E-state index in [2.05, 4.69) is 20.6 Å². The monoisotopic (exact) mass is 350 g/mol. The molecule has 0 saturated carbocycles. The van der Waals surface area contributed by atoms with Crippen molar-refractivity contribution >= 4 is 23.7 Å². The predicted molar refractivity (Wildman–Crippen MR) is 91.1 cm³/mol. The standard InChI is InChI=1S/C16H19FN4O2S/c1-16(2,3)21-14(23)20-13(22)9-24-15-18-8-12(19-15)10-4-6-11(17)7-5-10/h4-8H,9H2,1-3H3,(H,18,19)(H2,20,21,22,23). The van der Waals surface area contributed by atoms with Crippen LogP contribution in [0.15, 0.2) is 35.6 Å². The van der Waals surface area contributed by atoms with Crippen molar-refractivity contribution < 1.29 is 14.0 Å². The average molecular weight is 350 g/mol. The van der Waals surface area contributed by atoms with Crippen LogP contribution >= 0.6 is 11.8 Å². The molecule has 1 aromatic heterocycles. The van der Waals surface area contributed by atoms with Crippen LogP contribution in [0.3, 0.4) is 0 Å². The van der Waals surface area contributed by atoms with Crippen LogP contribution in [-0.4, -0.2) is 33.2 Å². The van der Waals surface area contributed by atoms with Gasteiger partial charge in [-0.05, 0) is 50.6 Å². The number of H-pyrrole nitrogens is 1. The second-order valence-electron chi connectivity index (χ2n) is 6.15. The van der Waals surface area contributed by atoms with Crippen molar-refractivity contribution in [3.63, 3.8) is 0 Å². The Morgan fingerprint density at radius 1 is 1.25 bits per heavy atom. The Morgan fingerprint density at radius 3 is 2.54 bits per heavy atom. The van der Waals surface area contributed by atoms with Crippen LogP contribution in [0.4, 0.5) is 9.18 Å². The summed E-state index contributed by atoms with van der Waals surface area (Å²) in [5.41, 5.74) is 1.11. The number of aromatic amines is 1. The molecule has 0 aliphatic heterocycles. The van der Waals surface area contributed by atoms with Gasteiger partial charge < -0.3 is 10.3 Å². The molecule has 128 valence electrons. The number of nitrogens with one attached hydrogen (secondary N) is 3. The Morgan fingerprint density at radius 2 is 1.92 bits per heavy atom. The third kappa shape index (κ3) is 5.69. The average Bonchev–Trinajstić information content (AvgIpc) is 2.92. The summed E-state index contributed by atoms with van der Waals surface area (Å²) in [4.78, 5) is 30.5. The van der Waals surface area contributed by atoms with Gasteiger partial charge in [0.05, 0.1) is 17.6 Å². The second-order valence-corrected chi connectivity index (χ2v) is 7.11. The number of nitrogens with zero attached hydrogens (tertiary/aromatic N) is 1. The van der Waals surface area contributed by atoms with E-state index in [1.807, 2.05) is 20.8 Å². The highest BCUT2D eigenvalue weighted by Gasteiger charge is 2.16. The summed E-state index contributed by atoms with van der Waals surface area (Å²) < 4.78 is 12.9. The van der Waals surface area contributed by atoms with Crippen molar-refractivity contribution in [2.75, 3.05) is 5.75 Å². The molecule has 6 nitrogen and oxygen atoms in total. The number of rotatable bonds is 4. The maximum atomic E-state index is 12.9. The van der Waals surface area contributed by atoms with Crippen molar-refractivity contribution in [2.45, 2.75) is 31.5 Å². The fourth-order valence-electron chi connectivity index (χ4n) is 1.82. The Labute approximate surface area is 143 Å². The molecule has 3 N–H and O–H groups in total. The number of urea groups is 1. The summed E-state index contributed by atoms with van der Waals surface area (Å²) >= 11 is 1.17. The summed E-state index contributed by atoms with van der Waals surface area (Å²) in [5, 5.41) is 5.44. The first-order valence-corrected chi connectivity index (χ1v) is 8.27. The van der Waals surface area contributed by atoms with Crippen LogP contribution < -0.4 is 10.6 Å². The minimum Gasteiger partial charge on any atom is -0.333 e. The quantitative estimate of drug-likeness (QED) is 0.740. The number of hydrogen-bond acceptors (Lipinski definition) is 4. The molecular formula is C16H19FN4O2S. The number of benzene rings is 1. The minimum atomic E-state index is -0.528. The molecule has 2 rings (SSSR count). The van der Waals surface area contributed by atoms with E-state index in [1.165, 1.54) is 23.9 Å². The zero-order valence-electron chi connectivity index (χ0n) is 13.6. The normalized spacial score (nSPS) is 11.2.